The van der Waals surface area contributed by atoms with Crippen molar-refractivity contribution in [3.05, 3.63) is 0 Å². The van der Waals surface area contributed by atoms with Crippen LogP contribution >= 0.6 is 0 Å². The molecule has 0 amide bonds. The zero-order valence-electron chi connectivity index (χ0n) is 13.1. The molecule has 1 aliphatic rings. The number of nitrogens with zero attached hydrogens (tertiary/aromatic N) is 4. The minimum Gasteiger partial charge on any atom is -0.480 e. The van der Waals surface area contributed by atoms with Gasteiger partial charge in [-0.25, -0.2) is 0 Å². The third-order valence-corrected chi connectivity index (χ3v) is 3.72. The third-order valence-electron chi connectivity index (χ3n) is 3.72. The van der Waals surface area contributed by atoms with E-state index < -0.39 is 11.9 Å². The van der Waals surface area contributed by atoms with Gasteiger partial charge >= 0.3 is 11.9 Å². The van der Waals surface area contributed by atoms with E-state index in [0.29, 0.717) is 39.3 Å². The van der Waals surface area contributed by atoms with Gasteiger partial charge in [0.15, 0.2) is 7.98 Å². The largest absolute Gasteiger partial charge is 0.480 e. The molecule has 124 valence electrons. The van der Waals surface area contributed by atoms with E-state index in [-0.39, 0.29) is 13.1 Å². The van der Waals surface area contributed by atoms with Gasteiger partial charge in [-0.1, -0.05) is 0 Å². The van der Waals surface area contributed by atoms with Crippen molar-refractivity contribution in [1.29, 1.82) is 0 Å². The fourth-order valence-corrected chi connectivity index (χ4v) is 2.31. The number of carboxylic acid groups (broad SMARTS) is 2. The molecule has 2 radical (unpaired) electrons. The van der Waals surface area contributed by atoms with E-state index in [9.17, 15) is 9.59 Å². The van der Waals surface area contributed by atoms with Gasteiger partial charge in [-0.2, -0.15) is 0 Å². The van der Waals surface area contributed by atoms with E-state index in [4.69, 9.17) is 18.2 Å². The Bertz CT molecular complexity index is 338. The molecule has 0 unspecified atom stereocenters. The molecule has 0 spiro atoms. The number of hydrogen-bond acceptors (Lipinski definition) is 6. The molecule has 0 aromatic carbocycles. The highest BCUT2D eigenvalue weighted by Gasteiger charge is 2.16. The summed E-state index contributed by atoms with van der Waals surface area (Å²) < 4.78 is 0. The van der Waals surface area contributed by atoms with Crippen LogP contribution in [0.2, 0.25) is 0 Å². The number of aliphatic carboxylic acids is 2. The molecule has 1 heterocycles. The molecule has 0 aromatic heterocycles. The number of hydrogen-bond donors (Lipinski definition) is 2. The van der Waals surface area contributed by atoms with Crippen molar-refractivity contribution in [2.24, 2.45) is 0 Å². The molecule has 1 aliphatic heterocycles. The lowest BCUT2D eigenvalue weighted by atomic mass is 10.2. The summed E-state index contributed by atoms with van der Waals surface area (Å²) in [4.78, 5) is 29.3. The van der Waals surface area contributed by atoms with E-state index >= 15 is 0 Å². The molecule has 9 heteroatoms. The Morgan fingerprint density at radius 3 is 1.68 bits per heavy atom. The van der Waals surface area contributed by atoms with Crippen LogP contribution in [-0.4, -0.2) is 122 Å². The summed E-state index contributed by atoms with van der Waals surface area (Å²) in [5.41, 5.74) is 0. The van der Waals surface area contributed by atoms with Crippen molar-refractivity contribution in [3.63, 3.8) is 0 Å². The maximum Gasteiger partial charge on any atom is 0.317 e. The predicted octanol–water partition coefficient (Wildman–Crippen LogP) is -1.91. The van der Waals surface area contributed by atoms with Crippen molar-refractivity contribution >= 4 is 19.9 Å². The smallest absolute Gasteiger partial charge is 0.317 e. The van der Waals surface area contributed by atoms with Crippen molar-refractivity contribution in [2.75, 3.05) is 72.5 Å². The third kappa shape index (κ3) is 8.33. The Kier molecular flexibility index (Phi) is 8.40. The summed E-state index contributed by atoms with van der Waals surface area (Å²) in [5, 5.41) is 17.9. The highest BCUT2D eigenvalue weighted by Crippen LogP contribution is 1.98. The van der Waals surface area contributed by atoms with Crippen LogP contribution in [0.5, 0.6) is 0 Å². The molecular weight excluding hydrogens is 287 g/mol. The second kappa shape index (κ2) is 9.78. The first-order chi connectivity index (χ1) is 10.4. The Hall–Kier alpha value is -1.16. The molecule has 0 aliphatic carbocycles. The molecule has 2 N–H and O–H groups in total. The van der Waals surface area contributed by atoms with Gasteiger partial charge in [0, 0.05) is 39.3 Å². The van der Waals surface area contributed by atoms with E-state index in [1.165, 1.54) is 0 Å². The number of carbonyl (C=O) groups is 2. The second-order valence-corrected chi connectivity index (χ2v) is 5.68. The average Bonchev–Trinajstić information content (AvgIpc) is 2.42. The quantitative estimate of drug-likeness (QED) is 0.582. The molecule has 22 heavy (non-hydrogen) atoms. The first kappa shape index (κ1) is 18.9. The van der Waals surface area contributed by atoms with Crippen LogP contribution in [0.25, 0.3) is 0 Å². The monoisotopic (exact) mass is 312 g/mol. The molecule has 1 rings (SSSR count). The van der Waals surface area contributed by atoms with Gasteiger partial charge in [0.1, 0.15) is 0 Å². The fourth-order valence-electron chi connectivity index (χ4n) is 2.31. The van der Waals surface area contributed by atoms with E-state index in [2.05, 4.69) is 4.90 Å². The summed E-state index contributed by atoms with van der Waals surface area (Å²) in [6.45, 7) is 4.94. The highest BCUT2D eigenvalue weighted by molar-refractivity contribution is 6.04. The van der Waals surface area contributed by atoms with Crippen LogP contribution in [-0.2, 0) is 9.59 Å². The van der Waals surface area contributed by atoms with Crippen LogP contribution in [0.3, 0.4) is 0 Å². The Morgan fingerprint density at radius 1 is 0.818 bits per heavy atom. The van der Waals surface area contributed by atoms with Gasteiger partial charge in [-0.3, -0.25) is 19.4 Å². The van der Waals surface area contributed by atoms with E-state index in [0.717, 1.165) is 13.1 Å². The second-order valence-electron chi connectivity index (χ2n) is 5.68. The SMILES string of the molecule is [B]N1CCN(C)CCN(CC(=O)O)CCN(CC(=O)O)CC1. The molecule has 1 saturated heterocycles. The summed E-state index contributed by atoms with van der Waals surface area (Å²) in [6, 6.07) is 0. The van der Waals surface area contributed by atoms with Gasteiger partial charge in [-0.05, 0) is 20.1 Å². The zero-order valence-corrected chi connectivity index (χ0v) is 13.1. The first-order valence-electron chi connectivity index (χ1n) is 7.43. The summed E-state index contributed by atoms with van der Waals surface area (Å²) in [5.74, 6) is -1.76. The van der Waals surface area contributed by atoms with Crippen molar-refractivity contribution < 1.29 is 19.8 Å². The Morgan fingerprint density at radius 2 is 1.18 bits per heavy atom. The minimum absolute atomic E-state index is 0.0300. The van der Waals surface area contributed by atoms with Gasteiger partial charge in [0.25, 0.3) is 0 Å². The number of carboxylic acids is 2. The van der Waals surface area contributed by atoms with Crippen molar-refractivity contribution in [2.45, 2.75) is 0 Å². The van der Waals surface area contributed by atoms with Crippen LogP contribution in [0.4, 0.5) is 0 Å². The molecule has 8 nitrogen and oxygen atoms in total. The summed E-state index contributed by atoms with van der Waals surface area (Å²) in [6.07, 6.45) is 0. The topological polar surface area (TPSA) is 87.6 Å². The molecular formula is C13H25BN4O4. The lowest BCUT2D eigenvalue weighted by Crippen LogP contribution is -2.46. The predicted molar refractivity (Wildman–Crippen MR) is 83.0 cm³/mol. The van der Waals surface area contributed by atoms with E-state index in [1.807, 2.05) is 11.9 Å². The maximum atomic E-state index is 10.9. The fraction of sp³-hybridized carbons (Fsp3) is 0.846. The minimum atomic E-state index is -0.889. The number of rotatable bonds is 4. The Balaban J connectivity index is 2.66. The van der Waals surface area contributed by atoms with Crippen LogP contribution in [0.15, 0.2) is 0 Å². The van der Waals surface area contributed by atoms with Gasteiger partial charge in [0.2, 0.25) is 0 Å². The van der Waals surface area contributed by atoms with Gasteiger partial charge < -0.3 is 19.9 Å². The lowest BCUT2D eigenvalue weighted by Gasteiger charge is -2.31. The molecule has 0 saturated carbocycles. The van der Waals surface area contributed by atoms with Crippen molar-refractivity contribution in [1.82, 2.24) is 19.5 Å². The summed E-state index contributed by atoms with van der Waals surface area (Å²) >= 11 is 0. The summed E-state index contributed by atoms with van der Waals surface area (Å²) in [7, 11) is 7.89. The van der Waals surface area contributed by atoms with Crippen LogP contribution in [0, 0.1) is 0 Å². The molecule has 1 fully saturated rings. The van der Waals surface area contributed by atoms with Gasteiger partial charge in [0.05, 0.1) is 13.1 Å². The average molecular weight is 312 g/mol. The standard InChI is InChI=1S/C13H25BN4O4/c1-15-2-4-16(10-12(19)20)5-6-17(11-13(21)22)7-9-18(14)8-3-15/h2-11H2,1H3,(H,19,20)(H,21,22). The van der Waals surface area contributed by atoms with E-state index in [1.54, 1.807) is 9.71 Å². The van der Waals surface area contributed by atoms with Crippen molar-refractivity contribution in [3.8, 4) is 0 Å². The zero-order chi connectivity index (χ0) is 16.5. The Labute approximate surface area is 132 Å². The molecule has 0 atom stereocenters. The normalized spacial score (nSPS) is 21.9. The first-order valence-corrected chi connectivity index (χ1v) is 7.43. The number of likely N-dealkylation sites (N-methyl/N-ethyl adjacent to an activating group) is 1. The lowest BCUT2D eigenvalue weighted by molar-refractivity contribution is -0.140. The highest BCUT2D eigenvalue weighted by atomic mass is 16.4. The van der Waals surface area contributed by atoms with Gasteiger partial charge in [-0.15, -0.1) is 0 Å². The van der Waals surface area contributed by atoms with Crippen LogP contribution in [0.1, 0.15) is 0 Å². The molecule has 0 aromatic rings. The van der Waals surface area contributed by atoms with Crippen LogP contribution < -0.4 is 0 Å². The maximum absolute atomic E-state index is 10.9. The molecule has 0 bridgehead atoms.